The van der Waals surface area contributed by atoms with Gasteiger partial charge in [0.15, 0.2) is 0 Å². The molecule has 3 aliphatic rings. The molecule has 0 spiro atoms. The summed E-state index contributed by atoms with van der Waals surface area (Å²) in [5.41, 5.74) is 3.80. The normalized spacial score (nSPS) is 25.5. The summed E-state index contributed by atoms with van der Waals surface area (Å²) in [7, 11) is 0.961. The maximum atomic E-state index is 14.7. The molecule has 1 amide bonds. The third-order valence-corrected chi connectivity index (χ3v) is 9.47. The van der Waals surface area contributed by atoms with Gasteiger partial charge in [-0.2, -0.15) is 4.31 Å². The molecule has 7 nitrogen and oxygen atoms in total. The zero-order valence-corrected chi connectivity index (χ0v) is 22.0. The van der Waals surface area contributed by atoms with E-state index in [1.165, 1.54) is 16.1 Å². The van der Waals surface area contributed by atoms with Crippen molar-refractivity contribution in [1.82, 2.24) is 19.0 Å². The first-order valence-electron chi connectivity index (χ1n) is 12.7. The average molecular weight is 515 g/mol. The van der Waals surface area contributed by atoms with Crippen molar-refractivity contribution in [3.63, 3.8) is 0 Å². The van der Waals surface area contributed by atoms with Gasteiger partial charge >= 0.3 is 0 Å². The predicted octanol–water partition coefficient (Wildman–Crippen LogP) is 2.56. The summed E-state index contributed by atoms with van der Waals surface area (Å²) in [5, 5.41) is 0. The third kappa shape index (κ3) is 4.81. The molecular formula is C27H35FN4O3S. The Balaban J connectivity index is 1.29. The molecule has 1 aliphatic carbocycles. The minimum atomic E-state index is -3.23. The Morgan fingerprint density at radius 3 is 2.33 bits per heavy atom. The summed E-state index contributed by atoms with van der Waals surface area (Å²) in [6.07, 6.45) is 3.07. The van der Waals surface area contributed by atoms with Gasteiger partial charge in [-0.15, -0.1) is 0 Å². The minimum Gasteiger partial charge on any atom is -0.336 e. The molecule has 2 aromatic rings. The molecule has 3 atom stereocenters. The number of carbonyl (C=O) groups excluding carboxylic acids is 1. The summed E-state index contributed by atoms with van der Waals surface area (Å²) in [5.74, 6) is 0.100. The molecular weight excluding hydrogens is 479 g/mol. The summed E-state index contributed by atoms with van der Waals surface area (Å²) >= 11 is 0. The van der Waals surface area contributed by atoms with Gasteiger partial charge in [-0.25, -0.2) is 12.8 Å². The van der Waals surface area contributed by atoms with Crippen LogP contribution >= 0.6 is 0 Å². The highest BCUT2D eigenvalue weighted by Crippen LogP contribution is 2.42. The van der Waals surface area contributed by atoms with Gasteiger partial charge in [0.05, 0.1) is 6.26 Å². The van der Waals surface area contributed by atoms with Crippen LogP contribution in [0.1, 0.15) is 45.4 Å². The highest BCUT2D eigenvalue weighted by Gasteiger charge is 2.41. The number of fused-ring (bicyclic) bond motifs is 1. The minimum absolute atomic E-state index is 0.0649. The van der Waals surface area contributed by atoms with Gasteiger partial charge in [0.1, 0.15) is 5.82 Å². The number of hydrogen-bond donors (Lipinski definition) is 0. The Kier molecular flexibility index (Phi) is 6.93. The van der Waals surface area contributed by atoms with Crippen molar-refractivity contribution < 1.29 is 17.6 Å². The van der Waals surface area contributed by atoms with Crippen LogP contribution in [0.4, 0.5) is 4.39 Å². The molecule has 0 aromatic heterocycles. The summed E-state index contributed by atoms with van der Waals surface area (Å²) in [6.45, 7) is 3.18. The van der Waals surface area contributed by atoms with E-state index in [-0.39, 0.29) is 23.7 Å². The highest BCUT2D eigenvalue weighted by atomic mass is 32.2. The lowest BCUT2D eigenvalue weighted by Crippen LogP contribution is -2.50. The Labute approximate surface area is 213 Å². The third-order valence-electron chi connectivity index (χ3n) is 8.17. The number of likely N-dealkylation sites (N-methyl/N-ethyl adjacent to an activating group) is 1. The first-order valence-corrected chi connectivity index (χ1v) is 14.5. The first kappa shape index (κ1) is 25.3. The van der Waals surface area contributed by atoms with E-state index in [1.807, 2.05) is 30.3 Å². The number of rotatable bonds is 5. The number of amides is 1. The summed E-state index contributed by atoms with van der Waals surface area (Å²) in [4.78, 5) is 19.5. The van der Waals surface area contributed by atoms with Crippen LogP contribution in [-0.4, -0.2) is 99.0 Å². The molecule has 194 valence electrons. The van der Waals surface area contributed by atoms with E-state index in [9.17, 15) is 17.6 Å². The Hall–Kier alpha value is -2.33. The van der Waals surface area contributed by atoms with Crippen LogP contribution in [0.3, 0.4) is 0 Å². The molecule has 2 heterocycles. The maximum Gasteiger partial charge on any atom is 0.253 e. The molecule has 9 heteroatoms. The van der Waals surface area contributed by atoms with Crippen LogP contribution in [0.2, 0.25) is 0 Å². The topological polar surface area (TPSA) is 64.2 Å². The Morgan fingerprint density at radius 2 is 1.69 bits per heavy atom. The van der Waals surface area contributed by atoms with Crippen LogP contribution < -0.4 is 0 Å². The van der Waals surface area contributed by atoms with E-state index < -0.39 is 10.0 Å². The zero-order chi connectivity index (χ0) is 25.6. The number of benzene rings is 2. The number of carbonyl (C=O) groups is 1. The Bertz CT molecular complexity index is 1230. The van der Waals surface area contributed by atoms with E-state index in [2.05, 4.69) is 23.9 Å². The van der Waals surface area contributed by atoms with Crippen LogP contribution in [0, 0.1) is 5.82 Å². The first-order chi connectivity index (χ1) is 17.1. The van der Waals surface area contributed by atoms with Crippen molar-refractivity contribution in [2.45, 2.75) is 30.8 Å². The SMILES string of the molecule is CN(C)[C@H]1CN(C2CCc3cccc(F)c32)C[C@@H]1c1ccc(C(=O)N2CCN(S(C)(=O)=O)CC2)cc1. The monoisotopic (exact) mass is 514 g/mol. The van der Waals surface area contributed by atoms with Gasteiger partial charge in [-0.1, -0.05) is 24.3 Å². The molecule has 2 saturated heterocycles. The molecule has 0 saturated carbocycles. The van der Waals surface area contributed by atoms with Gasteiger partial charge in [-0.3, -0.25) is 9.69 Å². The molecule has 0 radical (unpaired) electrons. The lowest BCUT2D eigenvalue weighted by Gasteiger charge is -2.33. The Morgan fingerprint density at radius 1 is 1.00 bits per heavy atom. The number of nitrogens with zero attached hydrogens (tertiary/aromatic N) is 4. The predicted molar refractivity (Wildman–Crippen MR) is 138 cm³/mol. The zero-order valence-electron chi connectivity index (χ0n) is 21.2. The van der Waals surface area contributed by atoms with Gasteiger partial charge in [0, 0.05) is 68.4 Å². The molecule has 2 aliphatic heterocycles. The van der Waals surface area contributed by atoms with Gasteiger partial charge in [0.25, 0.3) is 5.91 Å². The van der Waals surface area contributed by atoms with Crippen molar-refractivity contribution in [1.29, 1.82) is 0 Å². The van der Waals surface area contributed by atoms with E-state index >= 15 is 0 Å². The van der Waals surface area contributed by atoms with E-state index in [0.717, 1.165) is 37.1 Å². The lowest BCUT2D eigenvalue weighted by atomic mass is 9.93. The molecule has 2 fully saturated rings. The van der Waals surface area contributed by atoms with Crippen LogP contribution in [0.5, 0.6) is 0 Å². The van der Waals surface area contributed by atoms with Crippen molar-refractivity contribution in [3.05, 3.63) is 70.5 Å². The fraction of sp³-hybridized carbons (Fsp3) is 0.519. The smallest absolute Gasteiger partial charge is 0.253 e. The lowest BCUT2D eigenvalue weighted by molar-refractivity contribution is 0.0698. The number of piperazine rings is 1. The van der Waals surface area contributed by atoms with Crippen molar-refractivity contribution >= 4 is 15.9 Å². The number of likely N-dealkylation sites (tertiary alicyclic amines) is 1. The second kappa shape index (κ2) is 9.85. The molecule has 0 N–H and O–H groups in total. The fourth-order valence-corrected chi connectivity index (χ4v) is 7.00. The number of aryl methyl sites for hydroxylation is 1. The molecule has 36 heavy (non-hydrogen) atoms. The second-order valence-electron chi connectivity index (χ2n) is 10.5. The molecule has 2 aromatic carbocycles. The number of hydrogen-bond acceptors (Lipinski definition) is 5. The van der Waals surface area contributed by atoms with Crippen LogP contribution in [0.15, 0.2) is 42.5 Å². The van der Waals surface area contributed by atoms with E-state index in [1.54, 1.807) is 17.0 Å². The van der Waals surface area contributed by atoms with Gasteiger partial charge in [-0.05, 0) is 56.3 Å². The van der Waals surface area contributed by atoms with Gasteiger partial charge in [0.2, 0.25) is 10.0 Å². The fourth-order valence-electron chi connectivity index (χ4n) is 6.17. The number of sulfonamides is 1. The van der Waals surface area contributed by atoms with Crippen LogP contribution in [-0.2, 0) is 16.4 Å². The van der Waals surface area contributed by atoms with Crippen LogP contribution in [0.25, 0.3) is 0 Å². The van der Waals surface area contributed by atoms with Crippen molar-refractivity contribution in [2.24, 2.45) is 0 Å². The molecule has 5 rings (SSSR count). The highest BCUT2D eigenvalue weighted by molar-refractivity contribution is 7.88. The summed E-state index contributed by atoms with van der Waals surface area (Å²) < 4.78 is 39.6. The maximum absolute atomic E-state index is 14.7. The van der Waals surface area contributed by atoms with Crippen molar-refractivity contribution in [3.8, 4) is 0 Å². The quantitative estimate of drug-likeness (QED) is 0.614. The van der Waals surface area contributed by atoms with E-state index in [4.69, 9.17) is 0 Å². The average Bonchev–Trinajstić information content (AvgIpc) is 3.49. The molecule has 0 bridgehead atoms. The number of halogens is 1. The van der Waals surface area contributed by atoms with Crippen molar-refractivity contribution in [2.75, 3.05) is 59.6 Å². The van der Waals surface area contributed by atoms with Gasteiger partial charge < -0.3 is 9.80 Å². The summed E-state index contributed by atoms with van der Waals surface area (Å²) in [6, 6.07) is 13.7. The van der Waals surface area contributed by atoms with E-state index in [0.29, 0.717) is 37.8 Å². The standard InChI is InChI=1S/C27H35FN4O3S/c1-29(2)25-18-31(24-12-11-20-5-4-6-23(28)26(20)24)17-22(25)19-7-9-21(10-8-19)27(33)30-13-15-32(16-14-30)36(3,34)35/h4-10,22,24-25H,11-18H2,1-3H3/t22-,24?,25+/m1/s1. The largest absolute Gasteiger partial charge is 0.336 e. The molecule has 1 unspecified atom stereocenters. The second-order valence-corrected chi connectivity index (χ2v) is 12.5.